The Kier molecular flexibility index (Phi) is 3.46. The predicted molar refractivity (Wildman–Crippen MR) is 81.2 cm³/mol. The first-order chi connectivity index (χ1) is 9.42. The molecule has 0 spiro atoms. The number of carbonyl (C=O) groups is 1. The SMILES string of the molecule is CC1(C)CCC[C@@]2(C)OC(=O)C([Se]c3ccccc3)[C@@H]12. The molecule has 3 atom stereocenters. The summed E-state index contributed by atoms with van der Waals surface area (Å²) in [5, 5.41) is 0. The number of benzene rings is 1. The van der Waals surface area contributed by atoms with Gasteiger partial charge in [-0.15, -0.1) is 0 Å². The molecular formula is C17H22O2Se. The van der Waals surface area contributed by atoms with Crippen LogP contribution in [0.5, 0.6) is 0 Å². The van der Waals surface area contributed by atoms with E-state index in [-0.39, 0.29) is 36.8 Å². The topological polar surface area (TPSA) is 26.3 Å². The summed E-state index contributed by atoms with van der Waals surface area (Å²) in [6, 6.07) is 10.4. The van der Waals surface area contributed by atoms with Crippen LogP contribution in [0.4, 0.5) is 0 Å². The van der Waals surface area contributed by atoms with Crippen molar-refractivity contribution in [2.45, 2.75) is 50.5 Å². The second kappa shape index (κ2) is 4.89. The molecule has 1 unspecified atom stereocenters. The summed E-state index contributed by atoms with van der Waals surface area (Å²) >= 11 is 0.162. The predicted octanol–water partition coefficient (Wildman–Crippen LogP) is 2.95. The van der Waals surface area contributed by atoms with Crippen molar-refractivity contribution in [3.8, 4) is 0 Å². The van der Waals surface area contributed by atoms with Crippen LogP contribution in [-0.2, 0) is 9.53 Å². The number of rotatable bonds is 2. The van der Waals surface area contributed by atoms with Gasteiger partial charge in [-0.25, -0.2) is 0 Å². The molecule has 20 heavy (non-hydrogen) atoms. The Hall–Kier alpha value is -0.791. The second-order valence-corrected chi connectivity index (χ2v) is 9.45. The van der Waals surface area contributed by atoms with Crippen molar-refractivity contribution in [1.82, 2.24) is 0 Å². The summed E-state index contributed by atoms with van der Waals surface area (Å²) in [5.41, 5.74) is -0.0413. The maximum atomic E-state index is 12.4. The number of hydrogen-bond donors (Lipinski definition) is 0. The molecular weight excluding hydrogens is 315 g/mol. The molecule has 108 valence electrons. The van der Waals surface area contributed by atoms with E-state index in [2.05, 4.69) is 45.0 Å². The summed E-state index contributed by atoms with van der Waals surface area (Å²) in [6.45, 7) is 6.77. The number of ether oxygens (including phenoxy) is 1. The van der Waals surface area contributed by atoms with Crippen molar-refractivity contribution in [2.75, 3.05) is 0 Å². The Morgan fingerprint density at radius 2 is 1.85 bits per heavy atom. The molecule has 0 N–H and O–H groups in total. The molecule has 1 saturated carbocycles. The van der Waals surface area contributed by atoms with Crippen molar-refractivity contribution < 1.29 is 9.53 Å². The van der Waals surface area contributed by atoms with Gasteiger partial charge in [-0.1, -0.05) is 0 Å². The third-order valence-corrected chi connectivity index (χ3v) is 7.52. The van der Waals surface area contributed by atoms with Crippen LogP contribution in [0.1, 0.15) is 40.0 Å². The molecule has 1 aromatic rings. The Morgan fingerprint density at radius 3 is 2.55 bits per heavy atom. The summed E-state index contributed by atoms with van der Waals surface area (Å²) in [7, 11) is 0. The molecule has 1 aliphatic carbocycles. The zero-order valence-corrected chi connectivity index (χ0v) is 14.1. The summed E-state index contributed by atoms with van der Waals surface area (Å²) in [6.07, 6.45) is 3.39. The standard InChI is InChI=1S/C17H22O2Se/c1-16(2)10-7-11-17(3)14(16)13(15(18)19-17)20-12-8-5-4-6-9-12/h4-6,8-9,13-14H,7,10-11H2,1-3H3/t13?,14-,17+/m0/s1. The minimum absolute atomic E-state index is 0.0383. The van der Waals surface area contributed by atoms with Crippen molar-refractivity contribution in [3.63, 3.8) is 0 Å². The van der Waals surface area contributed by atoms with Crippen molar-refractivity contribution in [2.24, 2.45) is 11.3 Å². The molecule has 2 fully saturated rings. The van der Waals surface area contributed by atoms with E-state index in [9.17, 15) is 4.79 Å². The second-order valence-electron chi connectivity index (χ2n) is 6.91. The van der Waals surface area contributed by atoms with Crippen LogP contribution in [0.25, 0.3) is 0 Å². The minimum atomic E-state index is -0.236. The van der Waals surface area contributed by atoms with E-state index in [4.69, 9.17) is 4.74 Å². The van der Waals surface area contributed by atoms with Gasteiger partial charge in [0.1, 0.15) is 0 Å². The summed E-state index contributed by atoms with van der Waals surface area (Å²) in [4.78, 5) is 12.5. The Morgan fingerprint density at radius 1 is 1.15 bits per heavy atom. The van der Waals surface area contributed by atoms with E-state index in [1.807, 2.05) is 6.07 Å². The Labute approximate surface area is 127 Å². The van der Waals surface area contributed by atoms with Gasteiger partial charge in [-0.2, -0.15) is 0 Å². The Bertz CT molecular complexity index is 511. The average Bonchev–Trinajstić information content (AvgIpc) is 2.62. The number of hydrogen-bond acceptors (Lipinski definition) is 2. The first-order valence-corrected chi connectivity index (χ1v) is 9.21. The molecule has 0 bridgehead atoms. The molecule has 1 aromatic carbocycles. The molecule has 2 aliphatic rings. The van der Waals surface area contributed by atoms with Gasteiger partial charge in [0.2, 0.25) is 0 Å². The molecule has 1 heterocycles. The van der Waals surface area contributed by atoms with Crippen LogP contribution in [0.15, 0.2) is 30.3 Å². The van der Waals surface area contributed by atoms with Crippen molar-refractivity contribution in [3.05, 3.63) is 30.3 Å². The third kappa shape index (κ3) is 2.31. The summed E-state index contributed by atoms with van der Waals surface area (Å²) in [5.74, 6) is 0.396. The van der Waals surface area contributed by atoms with Crippen molar-refractivity contribution in [1.29, 1.82) is 0 Å². The maximum absolute atomic E-state index is 12.4. The van der Waals surface area contributed by atoms with Crippen LogP contribution < -0.4 is 4.46 Å². The van der Waals surface area contributed by atoms with E-state index in [0.29, 0.717) is 5.92 Å². The van der Waals surface area contributed by atoms with Gasteiger partial charge < -0.3 is 0 Å². The van der Waals surface area contributed by atoms with Gasteiger partial charge in [-0.3, -0.25) is 0 Å². The van der Waals surface area contributed by atoms with Crippen LogP contribution in [0, 0.1) is 11.3 Å². The Balaban J connectivity index is 1.91. The van der Waals surface area contributed by atoms with E-state index in [1.165, 1.54) is 17.3 Å². The number of fused-ring (bicyclic) bond motifs is 1. The molecule has 1 aliphatic heterocycles. The van der Waals surface area contributed by atoms with E-state index < -0.39 is 0 Å². The molecule has 0 aromatic heterocycles. The molecule has 3 rings (SSSR count). The number of carbonyl (C=O) groups excluding carboxylic acids is 1. The quantitative estimate of drug-likeness (QED) is 0.613. The van der Waals surface area contributed by atoms with Gasteiger partial charge in [0.05, 0.1) is 0 Å². The fourth-order valence-electron chi connectivity index (χ4n) is 4.06. The van der Waals surface area contributed by atoms with E-state index >= 15 is 0 Å². The average molecular weight is 337 g/mol. The van der Waals surface area contributed by atoms with Gasteiger partial charge in [0.15, 0.2) is 0 Å². The first-order valence-electron chi connectivity index (χ1n) is 7.37. The fourth-order valence-corrected chi connectivity index (χ4v) is 7.30. The first kappa shape index (κ1) is 14.2. The van der Waals surface area contributed by atoms with Gasteiger partial charge in [0.25, 0.3) is 0 Å². The monoisotopic (exact) mass is 338 g/mol. The summed E-state index contributed by atoms with van der Waals surface area (Å²) < 4.78 is 7.15. The van der Waals surface area contributed by atoms with Gasteiger partial charge in [-0.05, 0) is 0 Å². The van der Waals surface area contributed by atoms with Gasteiger partial charge in [0, 0.05) is 0 Å². The third-order valence-electron chi connectivity index (χ3n) is 4.87. The van der Waals surface area contributed by atoms with E-state index in [1.54, 1.807) is 0 Å². The van der Waals surface area contributed by atoms with Crippen LogP contribution >= 0.6 is 0 Å². The number of esters is 1. The fraction of sp³-hybridized carbons (Fsp3) is 0.588. The van der Waals surface area contributed by atoms with E-state index in [0.717, 1.165) is 6.42 Å². The molecule has 0 radical (unpaired) electrons. The molecule has 0 amide bonds. The van der Waals surface area contributed by atoms with Crippen LogP contribution in [-0.4, -0.2) is 26.5 Å². The normalized spacial score (nSPS) is 35.5. The molecule has 3 heteroatoms. The van der Waals surface area contributed by atoms with Crippen LogP contribution in [0.3, 0.4) is 0 Å². The zero-order chi connectivity index (χ0) is 14.4. The molecule has 1 saturated heterocycles. The molecule has 2 nitrogen and oxygen atoms in total. The zero-order valence-electron chi connectivity index (χ0n) is 12.4. The van der Waals surface area contributed by atoms with Crippen molar-refractivity contribution >= 4 is 25.4 Å². The van der Waals surface area contributed by atoms with Crippen LogP contribution in [0.2, 0.25) is 4.82 Å². The van der Waals surface area contributed by atoms with Gasteiger partial charge >= 0.3 is 127 Å².